The van der Waals surface area contributed by atoms with Crippen molar-refractivity contribution in [1.29, 1.82) is 0 Å². The molecule has 82 valence electrons. The first-order valence-electron chi connectivity index (χ1n) is 5.09. The number of hydrogen-bond acceptors (Lipinski definition) is 1. The second-order valence-electron chi connectivity index (χ2n) is 3.58. The Kier molecular flexibility index (Phi) is 4.16. The quantitative estimate of drug-likeness (QED) is 0.587. The first-order chi connectivity index (χ1) is 7.19. The van der Waals surface area contributed by atoms with Crippen LogP contribution in [0.3, 0.4) is 0 Å². The molecule has 0 fully saturated rings. The molecule has 0 aliphatic heterocycles. The Morgan fingerprint density at radius 2 is 2.07 bits per heavy atom. The molecule has 0 radical (unpaired) electrons. The zero-order valence-electron chi connectivity index (χ0n) is 9.91. The molecule has 3 nitrogen and oxygen atoms in total. The number of nitrogens with zero attached hydrogens (tertiary/aromatic N) is 2. The van der Waals surface area contributed by atoms with Crippen LogP contribution in [0.15, 0.2) is 29.3 Å². The molecule has 3 heteroatoms. The minimum absolute atomic E-state index is 0.875. The predicted molar refractivity (Wildman–Crippen MR) is 65.1 cm³/mol. The van der Waals surface area contributed by atoms with Crippen molar-refractivity contribution in [1.82, 2.24) is 10.2 Å². The van der Waals surface area contributed by atoms with Crippen LogP contribution in [0.5, 0.6) is 0 Å². The molecular weight excluding hydrogens is 186 g/mol. The van der Waals surface area contributed by atoms with Crippen LogP contribution in [-0.2, 0) is 6.54 Å². The maximum Gasteiger partial charge on any atom is 0.193 e. The summed E-state index contributed by atoms with van der Waals surface area (Å²) in [6.07, 6.45) is 0. The molecule has 15 heavy (non-hydrogen) atoms. The molecule has 1 aromatic rings. The van der Waals surface area contributed by atoms with Gasteiger partial charge in [0.25, 0.3) is 0 Å². The van der Waals surface area contributed by atoms with Crippen LogP contribution in [0, 0.1) is 6.92 Å². The van der Waals surface area contributed by atoms with Crippen molar-refractivity contribution in [2.24, 2.45) is 4.99 Å². The van der Waals surface area contributed by atoms with Crippen molar-refractivity contribution >= 4 is 5.96 Å². The van der Waals surface area contributed by atoms with Gasteiger partial charge in [0.05, 0.1) is 0 Å². The Labute approximate surface area is 91.8 Å². The molecule has 0 aliphatic carbocycles. The van der Waals surface area contributed by atoms with E-state index in [0.717, 1.165) is 12.5 Å². The molecule has 0 amide bonds. The van der Waals surface area contributed by atoms with Crippen LogP contribution < -0.4 is 5.32 Å². The normalized spacial score (nSPS) is 11.3. The molecule has 0 bridgehead atoms. The Bertz CT molecular complexity index is 344. The van der Waals surface area contributed by atoms with Crippen LogP contribution in [0.1, 0.15) is 11.1 Å². The van der Waals surface area contributed by atoms with Gasteiger partial charge in [-0.2, -0.15) is 0 Å². The van der Waals surface area contributed by atoms with Gasteiger partial charge in [0.2, 0.25) is 0 Å². The number of nitrogens with one attached hydrogen (secondary N) is 1. The van der Waals surface area contributed by atoms with E-state index >= 15 is 0 Å². The summed E-state index contributed by atoms with van der Waals surface area (Å²) in [4.78, 5) is 6.26. The second kappa shape index (κ2) is 5.39. The highest BCUT2D eigenvalue weighted by molar-refractivity contribution is 5.79. The summed E-state index contributed by atoms with van der Waals surface area (Å²) in [6.45, 7) is 3.01. The Morgan fingerprint density at radius 3 is 2.60 bits per heavy atom. The summed E-state index contributed by atoms with van der Waals surface area (Å²) in [5.41, 5.74) is 2.65. The fraction of sp³-hybridized carbons (Fsp3) is 0.417. The van der Waals surface area contributed by atoms with Gasteiger partial charge in [-0.3, -0.25) is 4.99 Å². The molecule has 1 N–H and O–H groups in total. The van der Waals surface area contributed by atoms with Gasteiger partial charge in [0.1, 0.15) is 0 Å². The maximum atomic E-state index is 4.16. The molecule has 0 heterocycles. The van der Waals surface area contributed by atoms with E-state index < -0.39 is 0 Å². The number of rotatable bonds is 2. The molecule has 1 rings (SSSR count). The fourth-order valence-electron chi connectivity index (χ4n) is 1.59. The zero-order valence-corrected chi connectivity index (χ0v) is 9.91. The van der Waals surface area contributed by atoms with Crippen molar-refractivity contribution < 1.29 is 0 Å². The molecule has 0 saturated heterocycles. The Morgan fingerprint density at radius 1 is 1.40 bits per heavy atom. The van der Waals surface area contributed by atoms with E-state index in [-0.39, 0.29) is 0 Å². The molecular formula is C12H19N3. The van der Waals surface area contributed by atoms with Gasteiger partial charge in [0.15, 0.2) is 5.96 Å². The van der Waals surface area contributed by atoms with Crippen molar-refractivity contribution in [2.45, 2.75) is 13.5 Å². The van der Waals surface area contributed by atoms with E-state index in [4.69, 9.17) is 0 Å². The van der Waals surface area contributed by atoms with Crippen LogP contribution in [0.4, 0.5) is 0 Å². The minimum Gasteiger partial charge on any atom is -0.359 e. The second-order valence-corrected chi connectivity index (χ2v) is 3.58. The number of aliphatic imine (C=N–C) groups is 1. The summed E-state index contributed by atoms with van der Waals surface area (Å²) in [5, 5.41) is 3.07. The van der Waals surface area contributed by atoms with Gasteiger partial charge >= 0.3 is 0 Å². The summed E-state index contributed by atoms with van der Waals surface area (Å²) in [6, 6.07) is 8.41. The van der Waals surface area contributed by atoms with E-state index in [2.05, 4.69) is 46.4 Å². The molecule has 0 unspecified atom stereocenters. The third kappa shape index (κ3) is 2.98. The largest absolute Gasteiger partial charge is 0.359 e. The highest BCUT2D eigenvalue weighted by Gasteiger charge is 2.05. The standard InChI is InChI=1S/C12H19N3/c1-10-7-5-6-8-11(10)9-15(4)12(13-2)14-3/h5-8H,9H2,1-4H3,(H,13,14). The Hall–Kier alpha value is -1.51. The molecule has 0 saturated carbocycles. The molecule has 0 atom stereocenters. The predicted octanol–water partition coefficient (Wildman–Crippen LogP) is 1.63. The zero-order chi connectivity index (χ0) is 11.3. The van der Waals surface area contributed by atoms with Gasteiger partial charge in [0, 0.05) is 27.7 Å². The summed E-state index contributed by atoms with van der Waals surface area (Å²) >= 11 is 0. The lowest BCUT2D eigenvalue weighted by atomic mass is 10.1. The van der Waals surface area contributed by atoms with Crippen molar-refractivity contribution in [3.8, 4) is 0 Å². The topological polar surface area (TPSA) is 27.6 Å². The van der Waals surface area contributed by atoms with Crippen molar-refractivity contribution in [3.05, 3.63) is 35.4 Å². The number of aryl methyl sites for hydroxylation is 1. The van der Waals surface area contributed by atoms with Crippen molar-refractivity contribution in [3.63, 3.8) is 0 Å². The van der Waals surface area contributed by atoms with E-state index in [9.17, 15) is 0 Å². The van der Waals surface area contributed by atoms with E-state index in [1.54, 1.807) is 7.05 Å². The third-order valence-electron chi connectivity index (χ3n) is 2.47. The Balaban J connectivity index is 2.74. The number of benzene rings is 1. The average molecular weight is 205 g/mol. The first-order valence-corrected chi connectivity index (χ1v) is 5.09. The molecule has 1 aromatic carbocycles. The van der Waals surface area contributed by atoms with Crippen LogP contribution >= 0.6 is 0 Å². The molecule has 0 aromatic heterocycles. The van der Waals surface area contributed by atoms with Crippen LogP contribution in [0.25, 0.3) is 0 Å². The van der Waals surface area contributed by atoms with Gasteiger partial charge in [-0.1, -0.05) is 24.3 Å². The summed E-state index contributed by atoms with van der Waals surface area (Å²) in [7, 11) is 5.71. The maximum absolute atomic E-state index is 4.16. The number of hydrogen-bond donors (Lipinski definition) is 1. The number of guanidine groups is 1. The average Bonchev–Trinajstić information content (AvgIpc) is 2.23. The van der Waals surface area contributed by atoms with Crippen LogP contribution in [0.2, 0.25) is 0 Å². The minimum atomic E-state index is 0.875. The van der Waals surface area contributed by atoms with Crippen LogP contribution in [-0.4, -0.2) is 32.0 Å². The van der Waals surface area contributed by atoms with E-state index in [1.807, 2.05) is 14.1 Å². The summed E-state index contributed by atoms with van der Waals surface area (Å²) in [5.74, 6) is 0.901. The van der Waals surface area contributed by atoms with E-state index in [1.165, 1.54) is 11.1 Å². The van der Waals surface area contributed by atoms with Gasteiger partial charge in [-0.25, -0.2) is 0 Å². The fourth-order valence-corrected chi connectivity index (χ4v) is 1.59. The van der Waals surface area contributed by atoms with Gasteiger partial charge in [-0.05, 0) is 18.1 Å². The monoisotopic (exact) mass is 205 g/mol. The molecule has 0 spiro atoms. The smallest absolute Gasteiger partial charge is 0.193 e. The lowest BCUT2D eigenvalue weighted by Crippen LogP contribution is -2.36. The highest BCUT2D eigenvalue weighted by atomic mass is 15.3. The van der Waals surface area contributed by atoms with Gasteiger partial charge in [-0.15, -0.1) is 0 Å². The lowest BCUT2D eigenvalue weighted by molar-refractivity contribution is 0.482. The molecule has 0 aliphatic rings. The lowest BCUT2D eigenvalue weighted by Gasteiger charge is -2.21. The first kappa shape index (κ1) is 11.6. The van der Waals surface area contributed by atoms with Gasteiger partial charge < -0.3 is 10.2 Å². The highest BCUT2D eigenvalue weighted by Crippen LogP contribution is 2.09. The summed E-state index contributed by atoms with van der Waals surface area (Å²) < 4.78 is 0. The van der Waals surface area contributed by atoms with E-state index in [0.29, 0.717) is 0 Å². The third-order valence-corrected chi connectivity index (χ3v) is 2.47. The SMILES string of the molecule is CN=C(NC)N(C)Cc1ccccc1C. The van der Waals surface area contributed by atoms with Crippen molar-refractivity contribution in [2.75, 3.05) is 21.1 Å².